The van der Waals surface area contributed by atoms with Gasteiger partial charge in [0.25, 0.3) is 5.91 Å². The van der Waals surface area contributed by atoms with E-state index in [1.807, 2.05) is 38.3 Å². The largest absolute Gasteiger partial charge is 0.487 e. The van der Waals surface area contributed by atoms with Gasteiger partial charge in [-0.2, -0.15) is 0 Å². The van der Waals surface area contributed by atoms with Crippen LogP contribution in [0.15, 0.2) is 53.4 Å². The van der Waals surface area contributed by atoms with Crippen LogP contribution in [0.3, 0.4) is 0 Å². The summed E-state index contributed by atoms with van der Waals surface area (Å²) in [6.07, 6.45) is 0. The highest BCUT2D eigenvalue weighted by Gasteiger charge is 2.12. The molecule has 0 aliphatic heterocycles. The summed E-state index contributed by atoms with van der Waals surface area (Å²) in [6.45, 7) is 5.91. The standard InChI is InChI=1S/C22H23N3O3S/c1-14(2)21(26)24-17-8-7-15(3)20(10-17)25-22(27)16-5-4-6-19(9-16)28-11-18-12-29-13-23-18/h4-10,12-14H,11H2,1-3H3,(H,24,26)(H,25,27). The Balaban J connectivity index is 1.69. The first kappa shape index (κ1) is 20.5. The van der Waals surface area contributed by atoms with Crippen molar-refractivity contribution in [2.75, 3.05) is 10.6 Å². The quantitative estimate of drug-likeness (QED) is 0.583. The third kappa shape index (κ3) is 5.65. The van der Waals surface area contributed by atoms with E-state index >= 15 is 0 Å². The molecule has 29 heavy (non-hydrogen) atoms. The lowest BCUT2D eigenvalue weighted by atomic mass is 10.1. The highest BCUT2D eigenvalue weighted by atomic mass is 32.1. The highest BCUT2D eigenvalue weighted by molar-refractivity contribution is 7.07. The minimum absolute atomic E-state index is 0.0731. The van der Waals surface area contributed by atoms with Crippen molar-refractivity contribution in [3.8, 4) is 5.75 Å². The van der Waals surface area contributed by atoms with Gasteiger partial charge in [0.2, 0.25) is 5.91 Å². The molecule has 0 aliphatic carbocycles. The number of carbonyl (C=O) groups excluding carboxylic acids is 2. The van der Waals surface area contributed by atoms with Gasteiger partial charge in [-0.05, 0) is 42.8 Å². The Bertz CT molecular complexity index is 1000. The molecule has 7 heteroatoms. The van der Waals surface area contributed by atoms with Gasteiger partial charge in [-0.3, -0.25) is 9.59 Å². The fourth-order valence-corrected chi connectivity index (χ4v) is 3.05. The Morgan fingerprint density at radius 2 is 1.97 bits per heavy atom. The number of nitrogens with zero attached hydrogens (tertiary/aromatic N) is 1. The number of hydrogen-bond acceptors (Lipinski definition) is 5. The van der Waals surface area contributed by atoms with E-state index in [0.29, 0.717) is 29.3 Å². The molecule has 0 radical (unpaired) electrons. The van der Waals surface area contributed by atoms with Gasteiger partial charge in [-0.25, -0.2) is 4.98 Å². The summed E-state index contributed by atoms with van der Waals surface area (Å²) in [7, 11) is 0. The zero-order valence-electron chi connectivity index (χ0n) is 16.6. The number of aryl methyl sites for hydroxylation is 1. The number of hydrogen-bond donors (Lipinski definition) is 2. The molecule has 1 aromatic heterocycles. The molecule has 3 rings (SSSR count). The zero-order valence-corrected chi connectivity index (χ0v) is 17.4. The van der Waals surface area contributed by atoms with Gasteiger partial charge in [-0.15, -0.1) is 11.3 Å². The molecule has 0 aliphatic rings. The minimum atomic E-state index is -0.250. The maximum Gasteiger partial charge on any atom is 0.255 e. The molecular formula is C22H23N3O3S. The van der Waals surface area contributed by atoms with Crippen LogP contribution in [0.2, 0.25) is 0 Å². The number of amides is 2. The maximum absolute atomic E-state index is 12.7. The van der Waals surface area contributed by atoms with E-state index in [-0.39, 0.29) is 17.7 Å². The van der Waals surface area contributed by atoms with Crippen LogP contribution < -0.4 is 15.4 Å². The van der Waals surface area contributed by atoms with Gasteiger partial charge in [0.05, 0.1) is 11.2 Å². The predicted molar refractivity (Wildman–Crippen MR) is 115 cm³/mol. The van der Waals surface area contributed by atoms with Crippen LogP contribution in [0.1, 0.15) is 35.5 Å². The molecule has 0 bridgehead atoms. The van der Waals surface area contributed by atoms with Gasteiger partial charge in [0, 0.05) is 28.2 Å². The van der Waals surface area contributed by atoms with E-state index in [1.165, 1.54) is 11.3 Å². The van der Waals surface area contributed by atoms with Gasteiger partial charge < -0.3 is 15.4 Å². The van der Waals surface area contributed by atoms with Gasteiger partial charge >= 0.3 is 0 Å². The third-order valence-corrected chi connectivity index (χ3v) is 4.88. The Kier molecular flexibility index (Phi) is 6.61. The first-order valence-corrected chi connectivity index (χ1v) is 10.2. The molecule has 0 fully saturated rings. The average molecular weight is 410 g/mol. The van der Waals surface area contributed by atoms with Crippen LogP contribution in [0.5, 0.6) is 5.75 Å². The van der Waals surface area contributed by atoms with Crippen LogP contribution in [0.25, 0.3) is 0 Å². The van der Waals surface area contributed by atoms with Crippen molar-refractivity contribution in [3.63, 3.8) is 0 Å². The van der Waals surface area contributed by atoms with E-state index in [2.05, 4.69) is 15.6 Å². The Hall–Kier alpha value is -3.19. The molecule has 6 nitrogen and oxygen atoms in total. The lowest BCUT2D eigenvalue weighted by Gasteiger charge is -2.13. The van der Waals surface area contributed by atoms with E-state index in [0.717, 1.165) is 11.3 Å². The lowest BCUT2D eigenvalue weighted by molar-refractivity contribution is -0.118. The molecular weight excluding hydrogens is 386 g/mol. The molecule has 0 atom stereocenters. The topological polar surface area (TPSA) is 80.3 Å². The Morgan fingerprint density at radius 1 is 1.14 bits per heavy atom. The molecule has 2 aromatic carbocycles. The van der Waals surface area contributed by atoms with E-state index in [9.17, 15) is 9.59 Å². The van der Waals surface area contributed by atoms with E-state index in [4.69, 9.17) is 4.74 Å². The van der Waals surface area contributed by atoms with Crippen LogP contribution in [-0.2, 0) is 11.4 Å². The third-order valence-electron chi connectivity index (χ3n) is 4.24. The fraction of sp³-hybridized carbons (Fsp3) is 0.227. The Morgan fingerprint density at radius 3 is 2.69 bits per heavy atom. The second-order valence-electron chi connectivity index (χ2n) is 6.92. The summed E-state index contributed by atoms with van der Waals surface area (Å²) in [5.41, 5.74) is 5.27. The molecule has 2 amide bonds. The normalized spacial score (nSPS) is 10.6. The lowest BCUT2D eigenvalue weighted by Crippen LogP contribution is -2.18. The molecule has 0 saturated heterocycles. The van der Waals surface area contributed by atoms with Gasteiger partial charge in [0.1, 0.15) is 12.4 Å². The molecule has 0 spiro atoms. The van der Waals surface area contributed by atoms with E-state index < -0.39 is 0 Å². The van der Waals surface area contributed by atoms with Crippen molar-refractivity contribution in [2.45, 2.75) is 27.4 Å². The molecule has 2 N–H and O–H groups in total. The second kappa shape index (κ2) is 9.34. The summed E-state index contributed by atoms with van der Waals surface area (Å²) in [5.74, 6) is 0.150. The van der Waals surface area contributed by atoms with Crippen molar-refractivity contribution in [3.05, 3.63) is 70.2 Å². The van der Waals surface area contributed by atoms with Crippen LogP contribution in [0, 0.1) is 12.8 Å². The number of benzene rings is 2. The summed E-state index contributed by atoms with van der Waals surface area (Å²) in [5, 5.41) is 7.68. The van der Waals surface area contributed by atoms with Crippen molar-refractivity contribution >= 4 is 34.5 Å². The minimum Gasteiger partial charge on any atom is -0.487 e. The predicted octanol–water partition coefficient (Wildman–Crippen LogP) is 4.88. The second-order valence-corrected chi connectivity index (χ2v) is 7.64. The average Bonchev–Trinajstić information content (AvgIpc) is 3.22. The summed E-state index contributed by atoms with van der Waals surface area (Å²) < 4.78 is 5.72. The molecule has 0 saturated carbocycles. The number of aromatic nitrogens is 1. The SMILES string of the molecule is Cc1ccc(NC(=O)C(C)C)cc1NC(=O)c1cccc(OCc2cscn2)c1. The van der Waals surface area contributed by atoms with Crippen molar-refractivity contribution < 1.29 is 14.3 Å². The number of carbonyl (C=O) groups is 2. The summed E-state index contributed by atoms with van der Waals surface area (Å²) in [6, 6.07) is 12.4. The smallest absolute Gasteiger partial charge is 0.255 e. The van der Waals surface area contributed by atoms with Gasteiger partial charge in [0.15, 0.2) is 0 Å². The first-order valence-electron chi connectivity index (χ1n) is 9.25. The highest BCUT2D eigenvalue weighted by Crippen LogP contribution is 2.22. The van der Waals surface area contributed by atoms with Crippen LogP contribution in [-0.4, -0.2) is 16.8 Å². The van der Waals surface area contributed by atoms with Crippen molar-refractivity contribution in [1.29, 1.82) is 0 Å². The number of rotatable bonds is 7. The van der Waals surface area contributed by atoms with Crippen LogP contribution >= 0.6 is 11.3 Å². The summed E-state index contributed by atoms with van der Waals surface area (Å²) in [4.78, 5) is 28.8. The number of ether oxygens (including phenoxy) is 1. The molecule has 0 unspecified atom stereocenters. The van der Waals surface area contributed by atoms with Gasteiger partial charge in [-0.1, -0.05) is 26.0 Å². The number of thiazole rings is 1. The zero-order chi connectivity index (χ0) is 20.8. The van der Waals surface area contributed by atoms with Crippen molar-refractivity contribution in [1.82, 2.24) is 4.98 Å². The fourth-order valence-electron chi connectivity index (χ4n) is 2.51. The maximum atomic E-state index is 12.7. The Labute approximate surface area is 173 Å². The number of anilines is 2. The first-order chi connectivity index (χ1) is 13.9. The monoisotopic (exact) mass is 409 g/mol. The molecule has 3 aromatic rings. The molecule has 1 heterocycles. The van der Waals surface area contributed by atoms with E-state index in [1.54, 1.807) is 35.8 Å². The molecule has 150 valence electrons. The van der Waals surface area contributed by atoms with Crippen LogP contribution in [0.4, 0.5) is 11.4 Å². The van der Waals surface area contributed by atoms with Crippen molar-refractivity contribution in [2.24, 2.45) is 5.92 Å². The number of nitrogens with one attached hydrogen (secondary N) is 2. The summed E-state index contributed by atoms with van der Waals surface area (Å²) >= 11 is 1.51.